The van der Waals surface area contributed by atoms with E-state index in [0.29, 0.717) is 23.3 Å². The number of nitrogens with zero attached hydrogens (tertiary/aromatic N) is 5. The van der Waals surface area contributed by atoms with E-state index in [9.17, 15) is 0 Å². The van der Waals surface area contributed by atoms with Crippen LogP contribution in [0.2, 0.25) is 0 Å². The van der Waals surface area contributed by atoms with E-state index < -0.39 is 0 Å². The molecule has 5 nitrogen and oxygen atoms in total. The first kappa shape index (κ1) is 36.2. The van der Waals surface area contributed by atoms with E-state index in [4.69, 9.17) is 24.9 Å². The summed E-state index contributed by atoms with van der Waals surface area (Å²) in [5.74, 6) is 2.52. The summed E-state index contributed by atoms with van der Waals surface area (Å²) in [7, 11) is 0. The molecule has 2 heterocycles. The second-order valence-corrected chi connectivity index (χ2v) is 14.5. The molecule has 0 unspecified atom stereocenters. The molecule has 10 aromatic rings. The minimum absolute atomic E-state index is 0.603. The number of hydrogen-bond donors (Lipinski definition) is 0. The normalized spacial score (nSPS) is 11.0. The van der Waals surface area contributed by atoms with Crippen molar-refractivity contribution in [1.29, 1.82) is 0 Å². The Hall–Kier alpha value is -8.15. The molecule has 8 aromatic carbocycles. The van der Waals surface area contributed by atoms with Gasteiger partial charge in [-0.15, -0.1) is 0 Å². The molecular formula is C55H37N5. The van der Waals surface area contributed by atoms with Gasteiger partial charge >= 0.3 is 0 Å². The van der Waals surface area contributed by atoms with Crippen LogP contribution in [-0.4, -0.2) is 24.9 Å². The minimum atomic E-state index is 0.603. The quantitative estimate of drug-likeness (QED) is 0.146. The van der Waals surface area contributed by atoms with E-state index in [1.165, 1.54) is 16.7 Å². The average molecular weight is 768 g/mol. The van der Waals surface area contributed by atoms with Crippen LogP contribution in [0.15, 0.2) is 224 Å². The van der Waals surface area contributed by atoms with Crippen molar-refractivity contribution in [2.45, 2.75) is 0 Å². The van der Waals surface area contributed by atoms with Crippen molar-refractivity contribution in [3.63, 3.8) is 0 Å². The molecule has 0 N–H and O–H groups in total. The fourth-order valence-electron chi connectivity index (χ4n) is 7.52. The third-order valence-corrected chi connectivity index (χ3v) is 10.6. The Labute approximate surface area is 349 Å². The Bertz CT molecular complexity index is 3000. The second-order valence-electron chi connectivity index (χ2n) is 14.5. The van der Waals surface area contributed by atoms with Gasteiger partial charge in [-0.05, 0) is 51.6 Å². The van der Waals surface area contributed by atoms with Gasteiger partial charge in [-0.1, -0.05) is 206 Å². The van der Waals surface area contributed by atoms with Crippen molar-refractivity contribution in [3.05, 3.63) is 224 Å². The second kappa shape index (κ2) is 16.4. The van der Waals surface area contributed by atoms with Crippen LogP contribution < -0.4 is 0 Å². The van der Waals surface area contributed by atoms with Gasteiger partial charge in [0.25, 0.3) is 0 Å². The summed E-state index contributed by atoms with van der Waals surface area (Å²) < 4.78 is 0. The van der Waals surface area contributed by atoms with Gasteiger partial charge in [-0.2, -0.15) is 0 Å². The van der Waals surface area contributed by atoms with Gasteiger partial charge in [0.15, 0.2) is 23.3 Å². The van der Waals surface area contributed by atoms with Crippen molar-refractivity contribution in [3.8, 4) is 101 Å². The molecule has 0 saturated carbocycles. The molecule has 282 valence electrons. The lowest BCUT2D eigenvalue weighted by Crippen LogP contribution is -2.00. The van der Waals surface area contributed by atoms with Crippen LogP contribution in [0.4, 0.5) is 0 Å². The van der Waals surface area contributed by atoms with Crippen LogP contribution in [-0.2, 0) is 0 Å². The molecule has 0 aliphatic carbocycles. The van der Waals surface area contributed by atoms with Gasteiger partial charge < -0.3 is 0 Å². The SMILES string of the molecule is c1ccc(-c2cc(-c3cccc(-c4cccc(-c5nc(-c6ccccc6)nc(-c6ccc(-c7ccccc7-c7ccccc7)cc6)n5)c4)c3)nc(-c3ccccc3)n2)cc1. The van der Waals surface area contributed by atoms with Gasteiger partial charge in [-0.25, -0.2) is 24.9 Å². The predicted octanol–water partition coefficient (Wildman–Crippen LogP) is 13.7. The molecule has 10 rings (SSSR count). The molecular weight excluding hydrogens is 731 g/mol. The van der Waals surface area contributed by atoms with E-state index in [-0.39, 0.29) is 0 Å². The molecule has 0 spiro atoms. The first-order valence-corrected chi connectivity index (χ1v) is 20.0. The van der Waals surface area contributed by atoms with E-state index >= 15 is 0 Å². The Morgan fingerprint density at radius 1 is 0.183 bits per heavy atom. The average Bonchev–Trinajstić information content (AvgIpc) is 3.35. The van der Waals surface area contributed by atoms with Gasteiger partial charge in [0.2, 0.25) is 0 Å². The summed E-state index contributed by atoms with van der Waals surface area (Å²) in [5.41, 5.74) is 14.2. The van der Waals surface area contributed by atoms with E-state index in [2.05, 4.69) is 140 Å². The summed E-state index contributed by atoms with van der Waals surface area (Å²) in [6.07, 6.45) is 0. The van der Waals surface area contributed by atoms with E-state index in [0.717, 1.165) is 61.5 Å². The third-order valence-electron chi connectivity index (χ3n) is 10.6. The largest absolute Gasteiger partial charge is 0.228 e. The van der Waals surface area contributed by atoms with E-state index in [1.54, 1.807) is 0 Å². The fraction of sp³-hybridized carbons (Fsp3) is 0. The smallest absolute Gasteiger partial charge is 0.164 e. The minimum Gasteiger partial charge on any atom is -0.228 e. The maximum Gasteiger partial charge on any atom is 0.164 e. The molecule has 60 heavy (non-hydrogen) atoms. The van der Waals surface area contributed by atoms with E-state index in [1.807, 2.05) is 84.9 Å². The van der Waals surface area contributed by atoms with Gasteiger partial charge in [0.05, 0.1) is 11.4 Å². The number of benzene rings is 8. The number of hydrogen-bond acceptors (Lipinski definition) is 5. The Kier molecular flexibility index (Phi) is 9.88. The molecule has 0 saturated heterocycles. The Morgan fingerprint density at radius 2 is 0.500 bits per heavy atom. The summed E-state index contributed by atoms with van der Waals surface area (Å²) in [6.45, 7) is 0. The predicted molar refractivity (Wildman–Crippen MR) is 244 cm³/mol. The van der Waals surface area contributed by atoms with Crippen molar-refractivity contribution >= 4 is 0 Å². The number of rotatable bonds is 9. The Morgan fingerprint density at radius 3 is 1.03 bits per heavy atom. The first-order chi connectivity index (χ1) is 29.7. The van der Waals surface area contributed by atoms with Crippen LogP contribution in [0.3, 0.4) is 0 Å². The molecule has 5 heteroatoms. The zero-order valence-electron chi connectivity index (χ0n) is 32.6. The lowest BCUT2D eigenvalue weighted by atomic mass is 9.94. The van der Waals surface area contributed by atoms with Crippen LogP contribution in [0.25, 0.3) is 101 Å². The highest BCUT2D eigenvalue weighted by atomic mass is 15.0. The summed E-state index contributed by atoms with van der Waals surface area (Å²) in [4.78, 5) is 25.2. The van der Waals surface area contributed by atoms with Crippen LogP contribution in [0.5, 0.6) is 0 Å². The highest BCUT2D eigenvalue weighted by molar-refractivity contribution is 5.84. The van der Waals surface area contributed by atoms with Crippen LogP contribution >= 0.6 is 0 Å². The topological polar surface area (TPSA) is 64.5 Å². The molecule has 2 aromatic heterocycles. The van der Waals surface area contributed by atoms with Gasteiger partial charge in [0.1, 0.15) is 0 Å². The maximum absolute atomic E-state index is 5.10. The zero-order chi connectivity index (χ0) is 40.1. The summed E-state index contributed by atoms with van der Waals surface area (Å²) >= 11 is 0. The molecule has 0 bridgehead atoms. The van der Waals surface area contributed by atoms with Crippen LogP contribution in [0.1, 0.15) is 0 Å². The molecule has 0 aliphatic rings. The van der Waals surface area contributed by atoms with Crippen molar-refractivity contribution in [1.82, 2.24) is 24.9 Å². The summed E-state index contributed by atoms with van der Waals surface area (Å²) in [5, 5.41) is 0. The molecule has 0 amide bonds. The lowest BCUT2D eigenvalue weighted by Gasteiger charge is -2.12. The molecule has 0 fully saturated rings. The van der Waals surface area contributed by atoms with Crippen molar-refractivity contribution < 1.29 is 0 Å². The molecule has 0 aliphatic heterocycles. The molecule has 0 atom stereocenters. The zero-order valence-corrected chi connectivity index (χ0v) is 32.6. The Balaban J connectivity index is 1.02. The first-order valence-electron chi connectivity index (χ1n) is 20.0. The summed E-state index contributed by atoms with van der Waals surface area (Å²) in [6, 6.07) is 77.0. The molecule has 0 radical (unpaired) electrons. The van der Waals surface area contributed by atoms with Gasteiger partial charge in [0, 0.05) is 33.4 Å². The third kappa shape index (κ3) is 7.63. The van der Waals surface area contributed by atoms with Crippen molar-refractivity contribution in [2.24, 2.45) is 0 Å². The van der Waals surface area contributed by atoms with Crippen LogP contribution in [0, 0.1) is 0 Å². The lowest BCUT2D eigenvalue weighted by molar-refractivity contribution is 1.07. The number of aromatic nitrogens is 5. The monoisotopic (exact) mass is 767 g/mol. The van der Waals surface area contributed by atoms with Crippen molar-refractivity contribution in [2.75, 3.05) is 0 Å². The highest BCUT2D eigenvalue weighted by Gasteiger charge is 2.16. The maximum atomic E-state index is 5.10. The standard InChI is InChI=1S/C55H37N5/c1-5-17-38(18-6-1)48-29-13-14-30-49(48)39-31-33-43(34-32-39)54-58-53(42-23-11-4-12-24-42)59-55(60-54)47-28-16-26-45(36-47)44-25-15-27-46(35-44)51-37-50(40-19-7-2-8-20-40)56-52(57-51)41-21-9-3-10-22-41/h1-37H. The van der Waals surface area contributed by atoms with Gasteiger partial charge in [-0.3, -0.25) is 0 Å². The highest BCUT2D eigenvalue weighted by Crippen LogP contribution is 2.35. The fourth-order valence-corrected chi connectivity index (χ4v) is 7.52.